The van der Waals surface area contributed by atoms with Crippen LogP contribution in [0.15, 0.2) is 12.7 Å². The van der Waals surface area contributed by atoms with E-state index in [0.717, 1.165) is 17.8 Å². The van der Waals surface area contributed by atoms with E-state index in [1.54, 1.807) is 0 Å². The zero-order valence-electron chi connectivity index (χ0n) is 10.7. The SMILES string of the molecule is C=CC(C)C(C)CCC(C)C(C)CC. The van der Waals surface area contributed by atoms with Crippen LogP contribution in [0.25, 0.3) is 0 Å². The molecular weight excluding hydrogens is 168 g/mol. The topological polar surface area (TPSA) is 0 Å². The number of allylic oxidation sites excluding steroid dienone is 1. The fourth-order valence-electron chi connectivity index (χ4n) is 1.71. The molecule has 0 aliphatic rings. The van der Waals surface area contributed by atoms with Crippen LogP contribution in [0, 0.1) is 23.7 Å². The van der Waals surface area contributed by atoms with E-state index in [9.17, 15) is 0 Å². The van der Waals surface area contributed by atoms with Crippen LogP contribution >= 0.6 is 0 Å². The minimum Gasteiger partial charge on any atom is -0.103 e. The Balaban J connectivity index is 3.76. The molecule has 0 aliphatic carbocycles. The van der Waals surface area contributed by atoms with Crippen LogP contribution < -0.4 is 0 Å². The molecular formula is C14H28. The second-order valence-electron chi connectivity index (χ2n) is 5.01. The fraction of sp³-hybridized carbons (Fsp3) is 0.857. The molecule has 0 fully saturated rings. The van der Waals surface area contributed by atoms with Crippen molar-refractivity contribution in [3.63, 3.8) is 0 Å². The predicted molar refractivity (Wildman–Crippen MR) is 66.4 cm³/mol. The summed E-state index contributed by atoms with van der Waals surface area (Å²) in [7, 11) is 0. The third kappa shape index (κ3) is 4.83. The Bertz CT molecular complexity index is 148. The molecule has 4 atom stereocenters. The van der Waals surface area contributed by atoms with Crippen molar-refractivity contribution in [2.75, 3.05) is 0 Å². The van der Waals surface area contributed by atoms with Gasteiger partial charge in [0.1, 0.15) is 0 Å². The van der Waals surface area contributed by atoms with Crippen LogP contribution in [0.1, 0.15) is 53.9 Å². The van der Waals surface area contributed by atoms with E-state index >= 15 is 0 Å². The lowest BCUT2D eigenvalue weighted by Crippen LogP contribution is -2.11. The third-order valence-corrected chi connectivity index (χ3v) is 3.96. The predicted octanol–water partition coefficient (Wildman–Crippen LogP) is 4.91. The summed E-state index contributed by atoms with van der Waals surface area (Å²) >= 11 is 0. The molecule has 0 heteroatoms. The van der Waals surface area contributed by atoms with E-state index in [4.69, 9.17) is 0 Å². The van der Waals surface area contributed by atoms with Crippen LogP contribution in [-0.2, 0) is 0 Å². The average molecular weight is 196 g/mol. The molecule has 0 rings (SSSR count). The van der Waals surface area contributed by atoms with Gasteiger partial charge in [-0.2, -0.15) is 0 Å². The monoisotopic (exact) mass is 196 g/mol. The molecule has 0 aromatic rings. The Hall–Kier alpha value is -0.260. The van der Waals surface area contributed by atoms with Gasteiger partial charge in [0, 0.05) is 0 Å². The van der Waals surface area contributed by atoms with Gasteiger partial charge < -0.3 is 0 Å². The number of rotatable bonds is 7. The van der Waals surface area contributed by atoms with E-state index in [1.807, 2.05) is 0 Å². The maximum atomic E-state index is 3.86. The van der Waals surface area contributed by atoms with Gasteiger partial charge in [-0.3, -0.25) is 0 Å². The summed E-state index contributed by atoms with van der Waals surface area (Å²) in [6, 6.07) is 0. The van der Waals surface area contributed by atoms with E-state index in [0.29, 0.717) is 5.92 Å². The second-order valence-corrected chi connectivity index (χ2v) is 5.01. The molecule has 14 heavy (non-hydrogen) atoms. The Morgan fingerprint density at radius 3 is 1.86 bits per heavy atom. The first-order valence-electron chi connectivity index (χ1n) is 6.15. The molecule has 0 N–H and O–H groups in total. The van der Waals surface area contributed by atoms with Gasteiger partial charge in [-0.05, 0) is 30.1 Å². The molecule has 0 saturated heterocycles. The molecule has 0 nitrogen and oxygen atoms in total. The summed E-state index contributed by atoms with van der Waals surface area (Å²) in [5, 5.41) is 0. The van der Waals surface area contributed by atoms with Crippen molar-refractivity contribution in [3.8, 4) is 0 Å². The molecule has 0 bridgehead atoms. The van der Waals surface area contributed by atoms with Crippen LogP contribution in [-0.4, -0.2) is 0 Å². The lowest BCUT2D eigenvalue weighted by molar-refractivity contribution is 0.306. The molecule has 0 aliphatic heterocycles. The third-order valence-electron chi connectivity index (χ3n) is 3.96. The van der Waals surface area contributed by atoms with Gasteiger partial charge in [-0.25, -0.2) is 0 Å². The maximum Gasteiger partial charge on any atom is -0.0239 e. The second kappa shape index (κ2) is 7.09. The highest BCUT2D eigenvalue weighted by molar-refractivity contribution is 4.79. The van der Waals surface area contributed by atoms with Crippen molar-refractivity contribution in [3.05, 3.63) is 12.7 Å². The highest BCUT2D eigenvalue weighted by atomic mass is 14.2. The summed E-state index contributed by atoms with van der Waals surface area (Å²) in [4.78, 5) is 0. The standard InChI is InChI=1S/C14H28/c1-7-11(3)13(5)9-10-14(6)12(4)8-2/h7,11-14H,1,8-10H2,2-6H3. The van der Waals surface area contributed by atoms with Crippen molar-refractivity contribution in [2.45, 2.75) is 53.9 Å². The van der Waals surface area contributed by atoms with E-state index in [-0.39, 0.29) is 0 Å². The van der Waals surface area contributed by atoms with Crippen molar-refractivity contribution >= 4 is 0 Å². The lowest BCUT2D eigenvalue weighted by Gasteiger charge is -2.22. The summed E-state index contributed by atoms with van der Waals surface area (Å²) in [6.45, 7) is 15.5. The van der Waals surface area contributed by atoms with Gasteiger partial charge in [0.05, 0.1) is 0 Å². The molecule has 0 aromatic carbocycles. The summed E-state index contributed by atoms with van der Waals surface area (Å²) in [6.07, 6.45) is 6.11. The molecule has 0 heterocycles. The summed E-state index contributed by atoms with van der Waals surface area (Å²) < 4.78 is 0. The van der Waals surface area contributed by atoms with Crippen molar-refractivity contribution in [2.24, 2.45) is 23.7 Å². The maximum absolute atomic E-state index is 3.86. The highest BCUT2D eigenvalue weighted by Crippen LogP contribution is 2.25. The molecule has 84 valence electrons. The minimum atomic E-state index is 0.666. The average Bonchev–Trinajstić information content (AvgIpc) is 2.22. The zero-order chi connectivity index (χ0) is 11.1. The van der Waals surface area contributed by atoms with E-state index in [1.165, 1.54) is 19.3 Å². The summed E-state index contributed by atoms with van der Waals surface area (Å²) in [5.41, 5.74) is 0. The van der Waals surface area contributed by atoms with Gasteiger partial charge in [-0.15, -0.1) is 6.58 Å². The first kappa shape index (κ1) is 13.7. The van der Waals surface area contributed by atoms with Crippen molar-refractivity contribution in [1.29, 1.82) is 0 Å². The van der Waals surface area contributed by atoms with Crippen LogP contribution in [0.5, 0.6) is 0 Å². The summed E-state index contributed by atoms with van der Waals surface area (Å²) in [5.74, 6) is 3.21. The lowest BCUT2D eigenvalue weighted by atomic mass is 9.84. The van der Waals surface area contributed by atoms with Gasteiger partial charge >= 0.3 is 0 Å². The van der Waals surface area contributed by atoms with Gasteiger partial charge in [0.15, 0.2) is 0 Å². The Kier molecular flexibility index (Phi) is 6.96. The molecule has 4 unspecified atom stereocenters. The minimum absolute atomic E-state index is 0.666. The van der Waals surface area contributed by atoms with Crippen molar-refractivity contribution < 1.29 is 0 Å². The molecule has 0 saturated carbocycles. The Morgan fingerprint density at radius 1 is 0.929 bits per heavy atom. The van der Waals surface area contributed by atoms with Crippen LogP contribution in [0.3, 0.4) is 0 Å². The quantitative estimate of drug-likeness (QED) is 0.508. The Morgan fingerprint density at radius 2 is 1.43 bits per heavy atom. The van der Waals surface area contributed by atoms with Crippen LogP contribution in [0.2, 0.25) is 0 Å². The molecule has 0 aromatic heterocycles. The van der Waals surface area contributed by atoms with E-state index in [2.05, 4.69) is 47.3 Å². The molecule has 0 spiro atoms. The number of hydrogen-bond donors (Lipinski definition) is 0. The zero-order valence-corrected chi connectivity index (χ0v) is 10.7. The normalized spacial score (nSPS) is 19.8. The van der Waals surface area contributed by atoms with E-state index < -0.39 is 0 Å². The van der Waals surface area contributed by atoms with Gasteiger partial charge in [0.25, 0.3) is 0 Å². The molecule has 0 amide bonds. The smallest absolute Gasteiger partial charge is 0.0239 e. The number of hydrogen-bond acceptors (Lipinski definition) is 0. The fourth-order valence-corrected chi connectivity index (χ4v) is 1.71. The highest BCUT2D eigenvalue weighted by Gasteiger charge is 2.14. The van der Waals surface area contributed by atoms with Crippen molar-refractivity contribution in [1.82, 2.24) is 0 Å². The van der Waals surface area contributed by atoms with Gasteiger partial charge in [-0.1, -0.05) is 53.5 Å². The first-order chi connectivity index (χ1) is 6.52. The van der Waals surface area contributed by atoms with Crippen LogP contribution in [0.4, 0.5) is 0 Å². The van der Waals surface area contributed by atoms with Gasteiger partial charge in [0.2, 0.25) is 0 Å². The Labute approximate surface area is 90.8 Å². The molecule has 0 radical (unpaired) electrons. The largest absolute Gasteiger partial charge is 0.103 e. The first-order valence-corrected chi connectivity index (χ1v) is 6.15.